The number of carbonyl (C=O) groups excluding carboxylic acids is 2. The van der Waals surface area contributed by atoms with Gasteiger partial charge >= 0.3 is 0 Å². The van der Waals surface area contributed by atoms with Crippen LogP contribution in [-0.4, -0.2) is 16.8 Å². The molecule has 3 aromatic rings. The van der Waals surface area contributed by atoms with Gasteiger partial charge in [0.2, 0.25) is 5.91 Å². The molecule has 0 aliphatic rings. The van der Waals surface area contributed by atoms with Crippen LogP contribution >= 0.6 is 0 Å². The molecular weight excluding hydrogens is 359 g/mol. The Morgan fingerprint density at radius 3 is 2.39 bits per heavy atom. The maximum Gasteiger partial charge on any atom is 0.253 e. The quantitative estimate of drug-likeness (QED) is 0.608. The number of halogens is 1. The topological polar surface area (TPSA) is 83.1 Å². The van der Waals surface area contributed by atoms with Crippen LogP contribution in [-0.2, 0) is 11.3 Å². The maximum absolute atomic E-state index is 13.7. The minimum Gasteiger partial charge on any atom is -0.354 e. The first-order valence-corrected chi connectivity index (χ1v) is 8.62. The third-order valence-electron chi connectivity index (χ3n) is 3.89. The number of nitrogens with zero attached hydrogens (tertiary/aromatic N) is 1. The number of benzene rings is 2. The van der Waals surface area contributed by atoms with Crippen molar-refractivity contribution < 1.29 is 14.0 Å². The van der Waals surface area contributed by atoms with Crippen molar-refractivity contribution in [3.8, 4) is 0 Å². The van der Waals surface area contributed by atoms with Crippen LogP contribution in [0, 0.1) is 5.82 Å². The summed E-state index contributed by atoms with van der Waals surface area (Å²) < 4.78 is 13.7. The summed E-state index contributed by atoms with van der Waals surface area (Å²) in [6.45, 7) is 1.54. The van der Waals surface area contributed by atoms with Crippen molar-refractivity contribution in [1.82, 2.24) is 10.3 Å². The van der Waals surface area contributed by atoms with Gasteiger partial charge in [-0.1, -0.05) is 18.2 Å². The number of rotatable bonds is 6. The van der Waals surface area contributed by atoms with E-state index >= 15 is 0 Å². The second-order valence-electron chi connectivity index (χ2n) is 6.12. The zero-order valence-electron chi connectivity index (χ0n) is 15.2. The van der Waals surface area contributed by atoms with Crippen molar-refractivity contribution in [3.63, 3.8) is 0 Å². The molecule has 0 unspecified atom stereocenters. The Balaban J connectivity index is 1.64. The third-order valence-corrected chi connectivity index (χ3v) is 3.89. The van der Waals surface area contributed by atoms with Gasteiger partial charge in [-0.15, -0.1) is 0 Å². The molecule has 1 heterocycles. The lowest BCUT2D eigenvalue weighted by Gasteiger charge is -2.10. The van der Waals surface area contributed by atoms with Crippen molar-refractivity contribution in [3.05, 3.63) is 83.9 Å². The predicted molar refractivity (Wildman–Crippen MR) is 106 cm³/mol. The molecule has 6 nitrogen and oxygen atoms in total. The molecule has 0 fully saturated rings. The first-order valence-electron chi connectivity index (χ1n) is 8.62. The Labute approximate surface area is 161 Å². The van der Waals surface area contributed by atoms with E-state index < -0.39 is 0 Å². The lowest BCUT2D eigenvalue weighted by atomic mass is 10.2. The smallest absolute Gasteiger partial charge is 0.253 e. The van der Waals surface area contributed by atoms with Crippen LogP contribution in [0.4, 0.5) is 21.5 Å². The summed E-state index contributed by atoms with van der Waals surface area (Å²) >= 11 is 0. The van der Waals surface area contributed by atoms with E-state index in [1.165, 1.54) is 19.2 Å². The Bertz CT molecular complexity index is 990. The first kappa shape index (κ1) is 19.0. The first-order chi connectivity index (χ1) is 13.5. The van der Waals surface area contributed by atoms with Gasteiger partial charge in [0.1, 0.15) is 5.82 Å². The molecule has 28 heavy (non-hydrogen) atoms. The van der Waals surface area contributed by atoms with Gasteiger partial charge in [0.25, 0.3) is 5.91 Å². The van der Waals surface area contributed by atoms with E-state index in [9.17, 15) is 14.0 Å². The van der Waals surface area contributed by atoms with E-state index in [0.717, 1.165) is 5.69 Å². The van der Waals surface area contributed by atoms with Crippen LogP contribution in [0.3, 0.4) is 0 Å². The SMILES string of the molecule is CC(=O)Nc1ccc(Nc2cncc(C(=O)NCc3ccccc3F)c2)cc1. The number of hydrogen-bond acceptors (Lipinski definition) is 4. The number of anilines is 3. The number of hydrogen-bond donors (Lipinski definition) is 3. The summed E-state index contributed by atoms with van der Waals surface area (Å²) in [7, 11) is 0. The lowest BCUT2D eigenvalue weighted by Crippen LogP contribution is -2.23. The molecule has 0 spiro atoms. The lowest BCUT2D eigenvalue weighted by molar-refractivity contribution is -0.114. The average Bonchev–Trinajstić information content (AvgIpc) is 2.68. The fourth-order valence-electron chi connectivity index (χ4n) is 2.56. The van der Waals surface area contributed by atoms with Gasteiger partial charge in [0.05, 0.1) is 17.4 Å². The van der Waals surface area contributed by atoms with E-state index in [-0.39, 0.29) is 24.2 Å². The molecule has 0 aliphatic heterocycles. The maximum atomic E-state index is 13.7. The molecule has 3 rings (SSSR count). The fourth-order valence-corrected chi connectivity index (χ4v) is 2.56. The van der Waals surface area contributed by atoms with Crippen LogP contribution < -0.4 is 16.0 Å². The standard InChI is InChI=1S/C21H19FN4O2/c1-14(27)25-17-6-8-18(9-7-17)26-19-10-16(11-23-13-19)21(28)24-12-15-4-2-3-5-20(15)22/h2-11,13,26H,12H2,1H3,(H,24,28)(H,25,27). The number of carbonyl (C=O) groups is 2. The highest BCUT2D eigenvalue weighted by atomic mass is 19.1. The third kappa shape index (κ3) is 5.14. The molecule has 142 valence electrons. The molecule has 2 aromatic carbocycles. The summed E-state index contributed by atoms with van der Waals surface area (Å²) in [5.41, 5.74) is 2.87. The molecule has 2 amide bonds. The Hall–Kier alpha value is -3.74. The summed E-state index contributed by atoms with van der Waals surface area (Å²) in [6.07, 6.45) is 3.04. The van der Waals surface area contributed by atoms with Gasteiger partial charge in [-0.2, -0.15) is 0 Å². The Morgan fingerprint density at radius 2 is 1.68 bits per heavy atom. The van der Waals surface area contributed by atoms with Crippen molar-refractivity contribution in [2.45, 2.75) is 13.5 Å². The van der Waals surface area contributed by atoms with Crippen LogP contribution in [0.2, 0.25) is 0 Å². The number of amides is 2. The molecule has 0 atom stereocenters. The highest BCUT2D eigenvalue weighted by Crippen LogP contribution is 2.19. The molecule has 0 radical (unpaired) electrons. The molecule has 0 bridgehead atoms. The highest BCUT2D eigenvalue weighted by Gasteiger charge is 2.09. The van der Waals surface area contributed by atoms with Crippen molar-refractivity contribution in [2.24, 2.45) is 0 Å². The highest BCUT2D eigenvalue weighted by molar-refractivity contribution is 5.94. The summed E-state index contributed by atoms with van der Waals surface area (Å²) in [5, 5.41) is 8.53. The number of aromatic nitrogens is 1. The van der Waals surface area contributed by atoms with Gasteiger partial charge in [-0.25, -0.2) is 4.39 Å². The van der Waals surface area contributed by atoms with Crippen LogP contribution in [0.1, 0.15) is 22.8 Å². The Kier molecular flexibility index (Phi) is 5.96. The zero-order chi connectivity index (χ0) is 19.9. The van der Waals surface area contributed by atoms with Gasteiger partial charge in [0.15, 0.2) is 0 Å². The molecule has 0 saturated heterocycles. The van der Waals surface area contributed by atoms with Gasteiger partial charge in [-0.3, -0.25) is 14.6 Å². The van der Waals surface area contributed by atoms with Gasteiger partial charge in [-0.05, 0) is 36.4 Å². The van der Waals surface area contributed by atoms with E-state index in [1.54, 1.807) is 54.7 Å². The second kappa shape index (κ2) is 8.77. The molecule has 0 aliphatic carbocycles. The summed E-state index contributed by atoms with van der Waals surface area (Å²) in [6, 6.07) is 15.1. The molecule has 0 saturated carbocycles. The van der Waals surface area contributed by atoms with Crippen LogP contribution in [0.5, 0.6) is 0 Å². The van der Waals surface area contributed by atoms with E-state index in [4.69, 9.17) is 0 Å². The van der Waals surface area contributed by atoms with E-state index in [1.807, 2.05) is 0 Å². The largest absolute Gasteiger partial charge is 0.354 e. The summed E-state index contributed by atoms with van der Waals surface area (Å²) in [4.78, 5) is 27.5. The van der Waals surface area contributed by atoms with Crippen molar-refractivity contribution in [2.75, 3.05) is 10.6 Å². The van der Waals surface area contributed by atoms with Crippen molar-refractivity contribution >= 4 is 28.9 Å². The minimum atomic E-state index is -0.362. The monoisotopic (exact) mass is 378 g/mol. The molecular formula is C21H19FN4O2. The van der Waals surface area contributed by atoms with Gasteiger partial charge < -0.3 is 16.0 Å². The second-order valence-corrected chi connectivity index (χ2v) is 6.12. The average molecular weight is 378 g/mol. The summed E-state index contributed by atoms with van der Waals surface area (Å²) in [5.74, 6) is -0.849. The number of pyridine rings is 1. The predicted octanol–water partition coefficient (Wildman–Crippen LogP) is 3.85. The fraction of sp³-hybridized carbons (Fsp3) is 0.0952. The van der Waals surface area contributed by atoms with Crippen LogP contribution in [0.25, 0.3) is 0 Å². The van der Waals surface area contributed by atoms with E-state index in [2.05, 4.69) is 20.9 Å². The van der Waals surface area contributed by atoms with Crippen molar-refractivity contribution in [1.29, 1.82) is 0 Å². The zero-order valence-corrected chi connectivity index (χ0v) is 15.2. The normalized spacial score (nSPS) is 10.2. The molecule has 3 N–H and O–H groups in total. The van der Waals surface area contributed by atoms with Crippen LogP contribution in [0.15, 0.2) is 67.0 Å². The van der Waals surface area contributed by atoms with E-state index in [0.29, 0.717) is 22.5 Å². The molecule has 7 heteroatoms. The van der Waals surface area contributed by atoms with Gasteiger partial charge in [0, 0.05) is 36.6 Å². The minimum absolute atomic E-state index is 0.0910. The number of nitrogens with one attached hydrogen (secondary N) is 3. The molecule has 1 aromatic heterocycles. The Morgan fingerprint density at radius 1 is 0.964 bits per heavy atom.